The van der Waals surface area contributed by atoms with E-state index in [1.807, 2.05) is 12.3 Å². The molecule has 1 aromatic carbocycles. The molecule has 0 unspecified atom stereocenters. The fourth-order valence-electron chi connectivity index (χ4n) is 6.22. The molecule has 0 spiro atoms. The fraction of sp³-hybridized carbons (Fsp3) is 0.435. The maximum absolute atomic E-state index is 11.6. The molecule has 2 aromatic rings. The van der Waals surface area contributed by atoms with Crippen LogP contribution in [0.2, 0.25) is 0 Å². The highest BCUT2D eigenvalue weighted by Gasteiger charge is 2.63. The molecule has 2 atom stereocenters. The number of benzene rings is 1. The van der Waals surface area contributed by atoms with Crippen molar-refractivity contribution < 1.29 is 0 Å². The fourth-order valence-corrected chi connectivity index (χ4v) is 6.22. The lowest BCUT2D eigenvalue weighted by atomic mass is 9.48. The number of rotatable bonds is 2. The zero-order valence-corrected chi connectivity index (χ0v) is 15.2. The molecule has 1 aromatic heterocycles. The predicted octanol–water partition coefficient (Wildman–Crippen LogP) is 4.07. The van der Waals surface area contributed by atoms with Crippen molar-refractivity contribution >= 4 is 5.57 Å². The van der Waals surface area contributed by atoms with Gasteiger partial charge in [-0.2, -0.15) is 0 Å². The molecule has 1 aliphatic heterocycles. The third-order valence-corrected chi connectivity index (χ3v) is 7.37. The smallest absolute Gasteiger partial charge is 0.247 e. The summed E-state index contributed by atoms with van der Waals surface area (Å²) in [5, 5.41) is 0. The molecule has 0 radical (unpaired) electrons. The van der Waals surface area contributed by atoms with Gasteiger partial charge in [0.2, 0.25) is 5.56 Å². The van der Waals surface area contributed by atoms with Crippen LogP contribution in [0.1, 0.15) is 55.3 Å². The van der Waals surface area contributed by atoms with Crippen LogP contribution >= 0.6 is 0 Å². The molecule has 3 fully saturated rings. The van der Waals surface area contributed by atoms with E-state index in [9.17, 15) is 4.79 Å². The monoisotopic (exact) mass is 344 g/mol. The van der Waals surface area contributed by atoms with Gasteiger partial charge in [0.15, 0.2) is 0 Å². The summed E-state index contributed by atoms with van der Waals surface area (Å²) in [7, 11) is 0. The minimum Gasteiger partial charge on any atom is -0.329 e. The molecule has 5 aliphatic rings. The van der Waals surface area contributed by atoms with Gasteiger partial charge in [-0.3, -0.25) is 9.69 Å². The maximum atomic E-state index is 11.6. The topological polar surface area (TPSA) is 36.1 Å². The Morgan fingerprint density at radius 3 is 2.62 bits per heavy atom. The highest BCUT2D eigenvalue weighted by Crippen LogP contribution is 2.65. The number of nitrogens with one attached hydrogen (secondary N) is 1. The lowest BCUT2D eigenvalue weighted by Crippen LogP contribution is -2.71. The number of fused-ring (bicyclic) bond motifs is 2. The molecule has 2 heterocycles. The molecule has 4 aliphatic carbocycles. The van der Waals surface area contributed by atoms with Gasteiger partial charge in [-0.15, -0.1) is 0 Å². The van der Waals surface area contributed by atoms with Crippen LogP contribution in [0.5, 0.6) is 0 Å². The van der Waals surface area contributed by atoms with Crippen molar-refractivity contribution in [3.05, 3.63) is 75.2 Å². The zero-order valence-electron chi connectivity index (χ0n) is 15.2. The SMILES string of the molecule is C[C@@H]1CC2=C(Cc3ccccc32)[C@@H](c2ccc(=O)[nH]c2)N1C12CC(C1)C2. The van der Waals surface area contributed by atoms with Crippen LogP contribution in [-0.2, 0) is 6.42 Å². The van der Waals surface area contributed by atoms with Gasteiger partial charge < -0.3 is 4.98 Å². The first-order valence-corrected chi connectivity index (χ1v) is 9.92. The number of pyridine rings is 1. The first kappa shape index (κ1) is 15.0. The summed E-state index contributed by atoms with van der Waals surface area (Å²) in [5.74, 6) is 0.967. The number of nitrogens with zero attached hydrogens (tertiary/aromatic N) is 1. The van der Waals surface area contributed by atoms with Crippen LogP contribution in [0.15, 0.2) is 53.0 Å². The van der Waals surface area contributed by atoms with E-state index in [-0.39, 0.29) is 5.56 Å². The zero-order chi connectivity index (χ0) is 17.5. The normalized spacial score (nSPS) is 34.7. The van der Waals surface area contributed by atoms with E-state index in [4.69, 9.17) is 0 Å². The van der Waals surface area contributed by atoms with E-state index >= 15 is 0 Å². The summed E-state index contributed by atoms with van der Waals surface area (Å²) < 4.78 is 0. The van der Waals surface area contributed by atoms with Gasteiger partial charge in [-0.25, -0.2) is 0 Å². The van der Waals surface area contributed by atoms with Gasteiger partial charge in [0.05, 0.1) is 6.04 Å². The van der Waals surface area contributed by atoms with E-state index in [2.05, 4.69) is 41.1 Å². The van der Waals surface area contributed by atoms with Crippen molar-refractivity contribution in [1.29, 1.82) is 0 Å². The van der Waals surface area contributed by atoms with E-state index in [0.29, 0.717) is 17.6 Å². The second kappa shape index (κ2) is 4.98. The van der Waals surface area contributed by atoms with E-state index in [1.54, 1.807) is 17.2 Å². The maximum Gasteiger partial charge on any atom is 0.247 e. The van der Waals surface area contributed by atoms with Gasteiger partial charge in [0.25, 0.3) is 0 Å². The summed E-state index contributed by atoms with van der Waals surface area (Å²) >= 11 is 0. The number of hydrogen-bond donors (Lipinski definition) is 1. The van der Waals surface area contributed by atoms with Crippen LogP contribution in [0.3, 0.4) is 0 Å². The predicted molar refractivity (Wildman–Crippen MR) is 103 cm³/mol. The van der Waals surface area contributed by atoms with Crippen LogP contribution in [0.4, 0.5) is 0 Å². The number of aromatic nitrogens is 1. The first-order chi connectivity index (χ1) is 12.6. The molecular formula is C23H24N2O. The van der Waals surface area contributed by atoms with E-state index in [0.717, 1.165) is 18.8 Å². The van der Waals surface area contributed by atoms with Crippen molar-refractivity contribution in [1.82, 2.24) is 9.88 Å². The molecule has 7 rings (SSSR count). The van der Waals surface area contributed by atoms with Crippen molar-refractivity contribution in [3.8, 4) is 0 Å². The molecule has 26 heavy (non-hydrogen) atoms. The van der Waals surface area contributed by atoms with Crippen molar-refractivity contribution in [2.45, 2.75) is 56.7 Å². The second-order valence-corrected chi connectivity index (χ2v) is 8.89. The molecule has 0 saturated heterocycles. The minimum absolute atomic E-state index is 0.0152. The Hall–Kier alpha value is -2.13. The van der Waals surface area contributed by atoms with Crippen molar-refractivity contribution in [2.24, 2.45) is 5.92 Å². The molecule has 132 valence electrons. The van der Waals surface area contributed by atoms with Crippen LogP contribution in [-0.4, -0.2) is 21.5 Å². The van der Waals surface area contributed by atoms with Gasteiger partial charge in [0.1, 0.15) is 0 Å². The quantitative estimate of drug-likeness (QED) is 0.891. The Morgan fingerprint density at radius 2 is 1.92 bits per heavy atom. The third-order valence-electron chi connectivity index (χ3n) is 7.37. The summed E-state index contributed by atoms with van der Waals surface area (Å²) in [6, 6.07) is 13.5. The lowest BCUT2D eigenvalue weighted by molar-refractivity contribution is -0.173. The molecule has 3 saturated carbocycles. The van der Waals surface area contributed by atoms with Gasteiger partial charge in [-0.1, -0.05) is 30.3 Å². The number of aromatic amines is 1. The van der Waals surface area contributed by atoms with Gasteiger partial charge in [0, 0.05) is 23.8 Å². The molecule has 0 amide bonds. The Kier molecular flexibility index (Phi) is 2.87. The van der Waals surface area contributed by atoms with Crippen molar-refractivity contribution in [3.63, 3.8) is 0 Å². The minimum atomic E-state index is -0.0152. The van der Waals surface area contributed by atoms with Crippen molar-refractivity contribution in [2.75, 3.05) is 0 Å². The third kappa shape index (κ3) is 1.84. The van der Waals surface area contributed by atoms with Crippen LogP contribution in [0.25, 0.3) is 5.57 Å². The molecule has 3 heteroatoms. The number of H-pyrrole nitrogens is 1. The van der Waals surface area contributed by atoms with Gasteiger partial charge >= 0.3 is 0 Å². The lowest BCUT2D eigenvalue weighted by Gasteiger charge is -2.70. The Balaban J connectivity index is 1.52. The highest BCUT2D eigenvalue weighted by atomic mass is 16.1. The molecule has 2 bridgehead atoms. The first-order valence-electron chi connectivity index (χ1n) is 9.92. The Bertz CT molecular complexity index is 964. The standard InChI is InChI=1S/C23H24N2O/c1-14-8-19-18-5-3-2-4-16(18)9-20(19)22(17-6-7-21(26)24-13-17)25(14)23-10-15(11-23)12-23/h2-7,13-15,22H,8-12H2,1H3,(H,24,26)/t14-,15?,22-,23?/m1/s1. The summed E-state index contributed by atoms with van der Waals surface area (Å²) in [6.45, 7) is 2.41. The molecule has 1 N–H and O–H groups in total. The highest BCUT2D eigenvalue weighted by molar-refractivity contribution is 5.79. The Morgan fingerprint density at radius 1 is 1.12 bits per heavy atom. The summed E-state index contributed by atoms with van der Waals surface area (Å²) in [4.78, 5) is 17.4. The molecule has 3 nitrogen and oxygen atoms in total. The number of hydrogen-bond acceptors (Lipinski definition) is 2. The van der Waals surface area contributed by atoms with Gasteiger partial charge in [-0.05, 0) is 72.8 Å². The average molecular weight is 344 g/mol. The van der Waals surface area contributed by atoms with Crippen LogP contribution < -0.4 is 5.56 Å². The summed E-state index contributed by atoms with van der Waals surface area (Å²) in [5.41, 5.74) is 7.71. The average Bonchev–Trinajstić information content (AvgIpc) is 2.92. The van der Waals surface area contributed by atoms with E-state index in [1.165, 1.54) is 36.0 Å². The van der Waals surface area contributed by atoms with Crippen LogP contribution in [0, 0.1) is 5.92 Å². The largest absolute Gasteiger partial charge is 0.329 e. The summed E-state index contributed by atoms with van der Waals surface area (Å²) in [6.07, 6.45) is 8.26. The Labute approximate surface area is 153 Å². The molecular weight excluding hydrogens is 320 g/mol. The second-order valence-electron chi connectivity index (χ2n) is 8.89. The van der Waals surface area contributed by atoms with E-state index < -0.39 is 0 Å².